The zero-order valence-electron chi connectivity index (χ0n) is 18.6. The molecule has 5 aliphatic rings. The van der Waals surface area contributed by atoms with Crippen LogP contribution in [0.2, 0.25) is 0 Å². The number of nitrogens with zero attached hydrogens (tertiary/aromatic N) is 2. The van der Waals surface area contributed by atoms with Gasteiger partial charge in [0.25, 0.3) is 0 Å². The predicted molar refractivity (Wildman–Crippen MR) is 124 cm³/mol. The van der Waals surface area contributed by atoms with Crippen molar-refractivity contribution < 1.29 is 14.0 Å². The van der Waals surface area contributed by atoms with Crippen LogP contribution in [0.1, 0.15) is 50.5 Å². The average molecular weight is 506 g/mol. The maximum Gasteiger partial charge on any atom is 0.242 e. The maximum absolute atomic E-state index is 14.0. The topological polar surface area (TPSA) is 52.7 Å². The second-order valence-corrected chi connectivity index (χ2v) is 11.7. The molecule has 0 spiro atoms. The number of nitrogens with one attached hydrogen (secondary N) is 1. The molecule has 32 heavy (non-hydrogen) atoms. The Morgan fingerprint density at radius 3 is 2.28 bits per heavy atom. The van der Waals surface area contributed by atoms with Gasteiger partial charge in [-0.2, -0.15) is 0 Å². The van der Waals surface area contributed by atoms with Crippen LogP contribution in [0.25, 0.3) is 0 Å². The summed E-state index contributed by atoms with van der Waals surface area (Å²) in [6.07, 6.45) is 8.34. The molecular formula is C25H33BrFN3O2. The molecular weight excluding hydrogens is 473 g/mol. The summed E-state index contributed by atoms with van der Waals surface area (Å²) in [7, 11) is 0. The number of rotatable bonds is 6. The van der Waals surface area contributed by atoms with Gasteiger partial charge in [0.15, 0.2) is 0 Å². The molecule has 4 aliphatic carbocycles. The number of hydrogen-bond donors (Lipinski definition) is 1. The first kappa shape index (κ1) is 22.3. The standard InChI is InChI=1S/C25H33BrFN3O2/c26-21-1-2-22(27)20(10-21)16-29-3-5-30(6-4-29)24(32)15-28-23(31)14-25-11-17-7-18(12-25)9-19(8-17)13-25/h1-2,10,17-19H,3-9,11-16H2,(H,28,31). The van der Waals surface area contributed by atoms with E-state index in [9.17, 15) is 14.0 Å². The molecule has 1 saturated heterocycles. The first-order valence-electron chi connectivity index (χ1n) is 12.1. The minimum atomic E-state index is -0.201. The summed E-state index contributed by atoms with van der Waals surface area (Å²) in [6.45, 7) is 3.26. The van der Waals surface area contributed by atoms with Gasteiger partial charge in [0.1, 0.15) is 5.82 Å². The SMILES string of the molecule is O=C(CC12CC3CC(CC(C3)C1)C2)NCC(=O)N1CCN(Cc2cc(Br)ccc2F)CC1. The molecule has 1 N–H and O–H groups in total. The quantitative estimate of drug-likeness (QED) is 0.636. The molecule has 7 heteroatoms. The van der Waals surface area contributed by atoms with Crippen LogP contribution in [0.3, 0.4) is 0 Å². The van der Waals surface area contributed by atoms with Gasteiger partial charge in [-0.3, -0.25) is 14.5 Å². The van der Waals surface area contributed by atoms with Crippen molar-refractivity contribution >= 4 is 27.7 Å². The van der Waals surface area contributed by atoms with Crippen molar-refractivity contribution in [1.82, 2.24) is 15.1 Å². The highest BCUT2D eigenvalue weighted by atomic mass is 79.9. The minimum Gasteiger partial charge on any atom is -0.347 e. The molecule has 5 nitrogen and oxygen atoms in total. The molecule has 0 unspecified atom stereocenters. The Bertz CT molecular complexity index is 849. The highest BCUT2D eigenvalue weighted by Crippen LogP contribution is 2.61. The highest BCUT2D eigenvalue weighted by molar-refractivity contribution is 9.10. The molecule has 6 rings (SSSR count). The van der Waals surface area contributed by atoms with Crippen LogP contribution < -0.4 is 5.32 Å². The fraction of sp³-hybridized carbons (Fsp3) is 0.680. The van der Waals surface area contributed by atoms with Crippen molar-refractivity contribution in [3.05, 3.63) is 34.1 Å². The number of halogens is 2. The van der Waals surface area contributed by atoms with Crippen LogP contribution >= 0.6 is 15.9 Å². The Morgan fingerprint density at radius 2 is 1.66 bits per heavy atom. The molecule has 1 aromatic rings. The fourth-order valence-corrected chi connectivity index (χ4v) is 7.66. The van der Waals surface area contributed by atoms with Gasteiger partial charge in [0.05, 0.1) is 6.54 Å². The lowest BCUT2D eigenvalue weighted by Crippen LogP contribution is -2.51. The number of benzene rings is 1. The second kappa shape index (κ2) is 9.05. The number of amides is 2. The summed E-state index contributed by atoms with van der Waals surface area (Å²) < 4.78 is 14.9. The molecule has 1 aliphatic heterocycles. The van der Waals surface area contributed by atoms with E-state index in [0.29, 0.717) is 44.7 Å². The Hall–Kier alpha value is -1.47. The molecule has 0 atom stereocenters. The summed E-state index contributed by atoms with van der Waals surface area (Å²) in [5.74, 6) is 2.32. The average Bonchev–Trinajstić information content (AvgIpc) is 2.74. The van der Waals surface area contributed by atoms with Crippen LogP contribution in [-0.4, -0.2) is 54.3 Å². The van der Waals surface area contributed by atoms with E-state index < -0.39 is 0 Å². The van der Waals surface area contributed by atoms with Crippen molar-refractivity contribution in [3.8, 4) is 0 Å². The van der Waals surface area contributed by atoms with Gasteiger partial charge in [-0.1, -0.05) is 15.9 Å². The van der Waals surface area contributed by atoms with Crippen molar-refractivity contribution in [2.24, 2.45) is 23.2 Å². The molecule has 1 aromatic carbocycles. The van der Waals surface area contributed by atoms with Crippen LogP contribution in [0.15, 0.2) is 22.7 Å². The molecule has 0 radical (unpaired) electrons. The smallest absolute Gasteiger partial charge is 0.242 e. The summed E-state index contributed by atoms with van der Waals surface area (Å²) in [4.78, 5) is 29.3. The molecule has 5 fully saturated rings. The normalized spacial score (nSPS) is 31.7. The van der Waals surface area contributed by atoms with Crippen LogP contribution in [0, 0.1) is 29.0 Å². The van der Waals surface area contributed by atoms with E-state index in [1.165, 1.54) is 44.6 Å². The summed E-state index contributed by atoms with van der Waals surface area (Å²) >= 11 is 3.40. The van der Waals surface area contributed by atoms with Gasteiger partial charge in [-0.15, -0.1) is 0 Å². The van der Waals surface area contributed by atoms with Crippen molar-refractivity contribution in [3.63, 3.8) is 0 Å². The van der Waals surface area contributed by atoms with E-state index in [1.54, 1.807) is 6.07 Å². The third kappa shape index (κ3) is 4.89. The van der Waals surface area contributed by atoms with Crippen molar-refractivity contribution in [2.45, 2.75) is 51.5 Å². The largest absolute Gasteiger partial charge is 0.347 e. The third-order valence-electron chi connectivity index (χ3n) is 8.26. The lowest BCUT2D eigenvalue weighted by atomic mass is 9.49. The Morgan fingerprint density at radius 1 is 1.03 bits per heavy atom. The Labute approximate surface area is 198 Å². The molecule has 174 valence electrons. The van der Waals surface area contributed by atoms with Crippen LogP contribution in [0.5, 0.6) is 0 Å². The van der Waals surface area contributed by atoms with E-state index in [4.69, 9.17) is 0 Å². The number of carbonyl (C=O) groups excluding carboxylic acids is 2. The highest BCUT2D eigenvalue weighted by Gasteiger charge is 2.51. The Kier molecular flexibility index (Phi) is 6.32. The zero-order valence-corrected chi connectivity index (χ0v) is 20.2. The van der Waals surface area contributed by atoms with Gasteiger partial charge in [-0.25, -0.2) is 4.39 Å². The van der Waals surface area contributed by atoms with Gasteiger partial charge in [0, 0.05) is 49.2 Å². The minimum absolute atomic E-state index is 0.0165. The monoisotopic (exact) mass is 505 g/mol. The molecule has 1 heterocycles. The third-order valence-corrected chi connectivity index (χ3v) is 8.76. The maximum atomic E-state index is 14.0. The lowest BCUT2D eigenvalue weighted by Gasteiger charge is -2.56. The van der Waals surface area contributed by atoms with Gasteiger partial charge < -0.3 is 10.2 Å². The van der Waals surface area contributed by atoms with E-state index in [-0.39, 0.29) is 29.6 Å². The van der Waals surface area contributed by atoms with E-state index >= 15 is 0 Å². The van der Waals surface area contributed by atoms with Gasteiger partial charge in [-0.05, 0) is 79.9 Å². The summed E-state index contributed by atoms with van der Waals surface area (Å²) in [6, 6.07) is 4.99. The molecule has 4 bridgehead atoms. The second-order valence-electron chi connectivity index (χ2n) is 10.8. The Balaban J connectivity index is 1.06. The lowest BCUT2D eigenvalue weighted by molar-refractivity contribution is -0.136. The first-order chi connectivity index (χ1) is 15.4. The molecule has 2 amide bonds. The predicted octanol–water partition coefficient (Wildman–Crippen LogP) is 3.96. The van der Waals surface area contributed by atoms with Crippen molar-refractivity contribution in [1.29, 1.82) is 0 Å². The van der Waals surface area contributed by atoms with E-state index in [1.807, 2.05) is 11.0 Å². The van der Waals surface area contributed by atoms with E-state index in [2.05, 4.69) is 26.1 Å². The first-order valence-corrected chi connectivity index (χ1v) is 12.9. The summed E-state index contributed by atoms with van der Waals surface area (Å²) in [5.41, 5.74) is 0.867. The summed E-state index contributed by atoms with van der Waals surface area (Å²) in [5, 5.41) is 2.92. The van der Waals surface area contributed by atoms with Gasteiger partial charge in [0.2, 0.25) is 11.8 Å². The molecule has 0 aromatic heterocycles. The van der Waals surface area contributed by atoms with Crippen LogP contribution in [-0.2, 0) is 16.1 Å². The van der Waals surface area contributed by atoms with Crippen molar-refractivity contribution in [2.75, 3.05) is 32.7 Å². The number of hydrogen-bond acceptors (Lipinski definition) is 3. The van der Waals surface area contributed by atoms with Gasteiger partial charge >= 0.3 is 0 Å². The number of piperazine rings is 1. The number of carbonyl (C=O) groups is 2. The van der Waals surface area contributed by atoms with Crippen LogP contribution in [0.4, 0.5) is 4.39 Å². The van der Waals surface area contributed by atoms with E-state index in [0.717, 1.165) is 22.2 Å². The zero-order chi connectivity index (χ0) is 22.3. The fourth-order valence-electron chi connectivity index (χ4n) is 7.26. The molecule has 4 saturated carbocycles.